The van der Waals surface area contributed by atoms with E-state index in [9.17, 15) is 0 Å². The lowest BCUT2D eigenvalue weighted by Gasteiger charge is -2.31. The van der Waals surface area contributed by atoms with Gasteiger partial charge < -0.3 is 0 Å². The number of halogens is 6. The van der Waals surface area contributed by atoms with E-state index in [0.29, 0.717) is 35.3 Å². The normalized spacial score (nSPS) is 24.9. The zero-order chi connectivity index (χ0) is 24.6. The molecule has 6 rings (SSSR count). The van der Waals surface area contributed by atoms with Crippen LogP contribution in [0, 0.1) is 5.41 Å². The second-order valence-electron chi connectivity index (χ2n) is 10.2. The van der Waals surface area contributed by atoms with Gasteiger partial charge in [-0.1, -0.05) is 43.3 Å². The van der Waals surface area contributed by atoms with Gasteiger partial charge in [0.1, 0.15) is 0 Å². The van der Waals surface area contributed by atoms with Gasteiger partial charge in [0, 0.05) is 58.4 Å². The molecule has 0 aromatic heterocycles. The average Bonchev–Trinajstić information content (AvgIpc) is 3.40. The molecule has 0 N–H and O–H groups in total. The molecule has 0 heterocycles. The molecule has 0 unspecified atom stereocenters. The Morgan fingerprint density at radius 3 is 0.743 bits per heavy atom. The van der Waals surface area contributed by atoms with Crippen LogP contribution in [0.15, 0.2) is 36.4 Å². The maximum atomic E-state index is 6.39. The number of hydrogen-bond acceptors (Lipinski definition) is 0. The summed E-state index contributed by atoms with van der Waals surface area (Å²) in [5.41, 5.74) is 14.8. The minimum atomic E-state index is -0.0510. The van der Waals surface area contributed by atoms with Crippen molar-refractivity contribution in [2.45, 2.75) is 60.0 Å². The third kappa shape index (κ3) is 3.20. The molecule has 0 saturated heterocycles. The number of alkyl halides is 6. The summed E-state index contributed by atoms with van der Waals surface area (Å²) in [5, 5.41) is 0. The van der Waals surface area contributed by atoms with Gasteiger partial charge in [-0.2, -0.15) is 0 Å². The molecule has 3 aromatic carbocycles. The fourth-order valence-electron chi connectivity index (χ4n) is 7.44. The van der Waals surface area contributed by atoms with Crippen molar-refractivity contribution in [3.05, 3.63) is 103 Å². The predicted octanol–water partition coefficient (Wildman–Crippen LogP) is 9.86. The Morgan fingerprint density at radius 1 is 0.429 bits per heavy atom. The van der Waals surface area contributed by atoms with E-state index in [1.807, 2.05) is 0 Å². The minimum absolute atomic E-state index is 0.0510. The standard InChI is InChI=1S/C29H24Cl6/c1-29-26-20-2-14(8-30)15(9-31)3-21(20)27(29)24-6-18(12-34)19(13-35)7-25(24)28(29)23-5-17(11-33)16(10-32)4-22(23)26/h2-7,26-28H,8-13H2,1H3. The number of hydrogen-bond donors (Lipinski definition) is 0. The summed E-state index contributed by atoms with van der Waals surface area (Å²) in [6, 6.07) is 13.9. The minimum Gasteiger partial charge on any atom is -0.122 e. The lowest BCUT2D eigenvalue weighted by Crippen LogP contribution is -2.23. The van der Waals surface area contributed by atoms with Crippen LogP contribution in [0.2, 0.25) is 0 Å². The van der Waals surface area contributed by atoms with E-state index in [1.54, 1.807) is 0 Å². The van der Waals surface area contributed by atoms with E-state index in [0.717, 1.165) is 33.4 Å². The van der Waals surface area contributed by atoms with Crippen LogP contribution >= 0.6 is 69.6 Å². The van der Waals surface area contributed by atoms with Gasteiger partial charge in [-0.05, 0) is 66.8 Å². The molecule has 6 heteroatoms. The molecule has 0 radical (unpaired) electrons. The predicted molar refractivity (Wildman–Crippen MR) is 150 cm³/mol. The lowest BCUT2D eigenvalue weighted by atomic mass is 9.70. The fourth-order valence-corrected chi connectivity index (χ4v) is 8.93. The first-order valence-electron chi connectivity index (χ1n) is 11.8. The SMILES string of the molecule is CC12C3c4cc(CCl)c(CCl)cc4C1c1cc(CCl)c(CCl)cc1C2c1cc(CCl)c(CCl)cc13. The Balaban J connectivity index is 1.72. The van der Waals surface area contributed by atoms with Gasteiger partial charge in [0.25, 0.3) is 0 Å². The average molecular weight is 585 g/mol. The van der Waals surface area contributed by atoms with E-state index < -0.39 is 0 Å². The molecule has 182 valence electrons. The molecule has 0 aliphatic heterocycles. The van der Waals surface area contributed by atoms with E-state index >= 15 is 0 Å². The first-order chi connectivity index (χ1) is 17.0. The molecular formula is C29H24Cl6. The summed E-state index contributed by atoms with van der Waals surface area (Å²) in [7, 11) is 0. The molecule has 0 saturated carbocycles. The highest BCUT2D eigenvalue weighted by atomic mass is 35.5. The Kier molecular flexibility index (Phi) is 6.36. The van der Waals surface area contributed by atoms with Gasteiger partial charge in [0.05, 0.1) is 0 Å². The highest BCUT2D eigenvalue weighted by molar-refractivity contribution is 6.19. The van der Waals surface area contributed by atoms with Crippen molar-refractivity contribution in [3.63, 3.8) is 0 Å². The monoisotopic (exact) mass is 582 g/mol. The highest BCUT2D eigenvalue weighted by Crippen LogP contribution is 2.76. The van der Waals surface area contributed by atoms with E-state index in [-0.39, 0.29) is 23.2 Å². The summed E-state index contributed by atoms with van der Waals surface area (Å²) >= 11 is 38.4. The number of benzene rings is 3. The highest BCUT2D eigenvalue weighted by Gasteiger charge is 2.65. The van der Waals surface area contributed by atoms with Crippen LogP contribution in [0.5, 0.6) is 0 Å². The largest absolute Gasteiger partial charge is 0.122 e. The molecule has 3 aromatic rings. The third-order valence-electron chi connectivity index (χ3n) is 8.81. The fraction of sp³-hybridized carbons (Fsp3) is 0.379. The van der Waals surface area contributed by atoms with E-state index in [1.165, 1.54) is 33.4 Å². The van der Waals surface area contributed by atoms with Crippen molar-refractivity contribution in [3.8, 4) is 0 Å². The summed E-state index contributed by atoms with van der Waals surface area (Å²) in [6.07, 6.45) is 0. The van der Waals surface area contributed by atoms with Gasteiger partial charge >= 0.3 is 0 Å². The first kappa shape index (κ1) is 24.7. The maximum Gasteiger partial charge on any atom is 0.0477 e. The molecular weight excluding hydrogens is 561 g/mol. The van der Waals surface area contributed by atoms with E-state index in [2.05, 4.69) is 43.3 Å². The molecule has 35 heavy (non-hydrogen) atoms. The first-order valence-corrected chi connectivity index (χ1v) is 15.0. The second kappa shape index (κ2) is 9.00. The van der Waals surface area contributed by atoms with Crippen LogP contribution in [0.4, 0.5) is 0 Å². The quantitative estimate of drug-likeness (QED) is 0.253. The molecule has 0 nitrogen and oxygen atoms in total. The Hall–Kier alpha value is -0.600. The molecule has 0 amide bonds. The van der Waals surface area contributed by atoms with Crippen LogP contribution in [0.25, 0.3) is 0 Å². The van der Waals surface area contributed by atoms with Crippen LogP contribution in [0.1, 0.15) is 91.4 Å². The number of rotatable bonds is 6. The second-order valence-corrected chi connectivity index (χ2v) is 11.8. The van der Waals surface area contributed by atoms with Crippen molar-refractivity contribution in [1.82, 2.24) is 0 Å². The zero-order valence-electron chi connectivity index (χ0n) is 19.2. The van der Waals surface area contributed by atoms with Crippen molar-refractivity contribution in [2.24, 2.45) is 5.41 Å². The third-order valence-corrected chi connectivity index (χ3v) is 10.5. The van der Waals surface area contributed by atoms with Crippen molar-refractivity contribution < 1.29 is 0 Å². The molecule has 0 bridgehead atoms. The summed E-state index contributed by atoms with van der Waals surface area (Å²) < 4.78 is 0. The summed E-state index contributed by atoms with van der Waals surface area (Å²) in [5.74, 6) is 3.42. The number of fused-ring (bicyclic) bond motifs is 9. The van der Waals surface area contributed by atoms with Crippen molar-refractivity contribution >= 4 is 69.6 Å². The summed E-state index contributed by atoms with van der Waals surface area (Å²) in [4.78, 5) is 0. The maximum absolute atomic E-state index is 6.39. The summed E-state index contributed by atoms with van der Waals surface area (Å²) in [6.45, 7) is 2.45. The van der Waals surface area contributed by atoms with Gasteiger partial charge in [-0.3, -0.25) is 0 Å². The van der Waals surface area contributed by atoms with Crippen LogP contribution in [0.3, 0.4) is 0 Å². The smallest absolute Gasteiger partial charge is 0.0477 e. The van der Waals surface area contributed by atoms with Crippen molar-refractivity contribution in [2.75, 3.05) is 0 Å². The van der Waals surface area contributed by atoms with Crippen LogP contribution in [-0.2, 0) is 35.3 Å². The zero-order valence-corrected chi connectivity index (χ0v) is 23.7. The van der Waals surface area contributed by atoms with Gasteiger partial charge in [0.15, 0.2) is 0 Å². The van der Waals surface area contributed by atoms with Gasteiger partial charge in [-0.15, -0.1) is 69.6 Å². The van der Waals surface area contributed by atoms with Crippen molar-refractivity contribution in [1.29, 1.82) is 0 Å². The Labute approximate surface area is 236 Å². The topological polar surface area (TPSA) is 0 Å². The molecule has 3 aliphatic rings. The van der Waals surface area contributed by atoms with Gasteiger partial charge in [0.2, 0.25) is 0 Å². The van der Waals surface area contributed by atoms with Gasteiger partial charge in [-0.25, -0.2) is 0 Å². The Bertz CT molecular complexity index is 1100. The molecule has 0 spiro atoms. The molecule has 0 atom stereocenters. The molecule has 3 aliphatic carbocycles. The molecule has 0 fully saturated rings. The Morgan fingerprint density at radius 2 is 0.600 bits per heavy atom. The lowest BCUT2D eigenvalue weighted by molar-refractivity contribution is 0.288. The van der Waals surface area contributed by atoms with E-state index in [4.69, 9.17) is 69.6 Å². The van der Waals surface area contributed by atoms with Crippen LogP contribution in [-0.4, -0.2) is 0 Å². The van der Waals surface area contributed by atoms with Crippen LogP contribution < -0.4 is 0 Å².